The second-order valence-corrected chi connectivity index (χ2v) is 19.7. The first-order valence-electron chi connectivity index (χ1n) is 23.2. The summed E-state index contributed by atoms with van der Waals surface area (Å²) in [5.74, 6) is -3.57. The maximum absolute atomic E-state index is 14.7. The summed E-state index contributed by atoms with van der Waals surface area (Å²) in [7, 11) is 0. The molecule has 4 aromatic rings. The lowest BCUT2D eigenvalue weighted by atomic mass is 9.84. The van der Waals surface area contributed by atoms with E-state index in [0.29, 0.717) is 32.1 Å². The maximum Gasteiger partial charge on any atom is 0.245 e. The topological polar surface area (TPSA) is 235 Å². The summed E-state index contributed by atoms with van der Waals surface area (Å²) >= 11 is 2.96. The molecular weight excluding hydrogens is 877 g/mol. The van der Waals surface area contributed by atoms with Crippen LogP contribution in [0.2, 0.25) is 0 Å². The third-order valence-corrected chi connectivity index (χ3v) is 14.5. The lowest BCUT2D eigenvalue weighted by Crippen LogP contribution is -2.61. The van der Waals surface area contributed by atoms with E-state index in [9.17, 15) is 33.6 Å². The molecule has 66 heavy (non-hydrogen) atoms. The van der Waals surface area contributed by atoms with Crippen molar-refractivity contribution in [2.24, 2.45) is 17.4 Å². The lowest BCUT2D eigenvalue weighted by molar-refractivity contribution is -0.146. The fraction of sp³-hybridized carbons (Fsp3) is 0.490. The van der Waals surface area contributed by atoms with Gasteiger partial charge in [0.25, 0.3) is 0 Å². The minimum Gasteiger partial charge on any atom is -0.368 e. The number of carbonyl (C=O) groups is 7. The molecule has 0 unspecified atom stereocenters. The van der Waals surface area contributed by atoms with Crippen LogP contribution in [0, 0.1) is 5.92 Å². The highest BCUT2D eigenvalue weighted by atomic mass is 32.1. The van der Waals surface area contributed by atoms with Crippen LogP contribution in [-0.4, -0.2) is 95.6 Å². The third-order valence-electron chi connectivity index (χ3n) is 12.5. The van der Waals surface area contributed by atoms with Crippen LogP contribution in [0.4, 0.5) is 0 Å². The first-order chi connectivity index (χ1) is 31.9. The first-order valence-corrected chi connectivity index (χ1v) is 24.9. The van der Waals surface area contributed by atoms with Crippen molar-refractivity contribution in [3.05, 3.63) is 93.5 Å². The van der Waals surface area contributed by atoms with Gasteiger partial charge >= 0.3 is 0 Å². The number of nitrogens with zero attached hydrogens (tertiary/aromatic N) is 1. The Balaban J connectivity index is 1.22. The normalized spacial score (nSPS) is 17.7. The van der Waals surface area contributed by atoms with Gasteiger partial charge in [-0.05, 0) is 85.5 Å². The SMILES string of the molecule is CC(=O)N[C@@H](Cc1cccs1)C(=O)N[C@@H](CCCN)C(=O)N1CCCC[C@H]1C(=O)N[C@H](CC1CCCCC1)C(=O)N[C@@H](Cc1cc2ccccc2s1)C(=O)N[C@@H](Cc1ccccc1)C(N)=O. The molecule has 2 aromatic carbocycles. The van der Waals surface area contributed by atoms with E-state index in [1.54, 1.807) is 0 Å². The summed E-state index contributed by atoms with van der Waals surface area (Å²) < 4.78 is 1.02. The molecule has 7 amide bonds. The Labute approximate surface area is 394 Å². The van der Waals surface area contributed by atoms with Crippen LogP contribution in [0.5, 0.6) is 0 Å². The summed E-state index contributed by atoms with van der Waals surface area (Å²) in [4.78, 5) is 99.9. The third kappa shape index (κ3) is 14.4. The van der Waals surface area contributed by atoms with E-state index in [1.165, 1.54) is 34.5 Å². The number of fused-ring (bicyclic) bond motifs is 1. The van der Waals surface area contributed by atoms with Crippen LogP contribution in [0.1, 0.15) is 92.9 Å². The molecule has 3 heterocycles. The number of primary amides is 1. The summed E-state index contributed by atoms with van der Waals surface area (Å²) in [6.45, 7) is 1.86. The maximum atomic E-state index is 14.7. The largest absolute Gasteiger partial charge is 0.368 e. The van der Waals surface area contributed by atoms with Crippen LogP contribution in [-0.2, 0) is 52.8 Å². The van der Waals surface area contributed by atoms with Crippen LogP contribution < -0.4 is 38.1 Å². The molecule has 2 fully saturated rings. The van der Waals surface area contributed by atoms with E-state index in [1.807, 2.05) is 78.2 Å². The standard InChI is InChI=1S/C49H64N8O7S2/c1-31(58)52-40(29-35-19-13-25-65-35)46(61)53-37(20-12-23-50)49(64)57-24-11-10-21-42(57)48(63)56-39(27-33-16-6-3-7-17-33)45(60)55-41(30-36-28-34-18-8-9-22-43(34)66-36)47(62)54-38(44(51)59)26-32-14-4-2-5-15-32/h2,4-5,8-9,13-15,18-19,22,25,28,33,37-42H,3,6-7,10-12,16-17,20-21,23-24,26-27,29-30,50H2,1H3,(H2,51,59)(H,52,58)(H,53,61)(H,54,62)(H,55,60)(H,56,63)/t37-,38-,39+,40-,41-,42-/m0/s1. The number of nitrogens with two attached hydrogens (primary N) is 2. The Morgan fingerprint density at radius 3 is 2.02 bits per heavy atom. The molecule has 6 rings (SSSR count). The Kier molecular flexibility index (Phi) is 18.7. The van der Waals surface area contributed by atoms with E-state index >= 15 is 0 Å². The van der Waals surface area contributed by atoms with Gasteiger partial charge in [-0.15, -0.1) is 22.7 Å². The number of amides is 7. The van der Waals surface area contributed by atoms with E-state index in [-0.39, 0.29) is 50.6 Å². The van der Waals surface area contributed by atoms with Gasteiger partial charge in [0.05, 0.1) is 0 Å². The number of carbonyl (C=O) groups excluding carboxylic acids is 7. The zero-order chi connectivity index (χ0) is 47.0. The van der Waals surface area contributed by atoms with Crippen molar-refractivity contribution < 1.29 is 33.6 Å². The van der Waals surface area contributed by atoms with Gasteiger partial charge < -0.3 is 43.0 Å². The molecule has 0 bridgehead atoms. The molecule has 2 aliphatic rings. The zero-order valence-corrected chi connectivity index (χ0v) is 39.3. The molecule has 17 heteroatoms. The molecular formula is C49H64N8O7S2. The minimum absolute atomic E-state index is 0.120. The molecule has 1 saturated carbocycles. The van der Waals surface area contributed by atoms with Gasteiger partial charge in [-0.3, -0.25) is 33.6 Å². The van der Waals surface area contributed by atoms with Crippen LogP contribution in [0.25, 0.3) is 10.1 Å². The second-order valence-electron chi connectivity index (χ2n) is 17.5. The number of rotatable bonds is 22. The predicted molar refractivity (Wildman–Crippen MR) is 257 cm³/mol. The Morgan fingerprint density at radius 2 is 1.33 bits per heavy atom. The molecule has 0 spiro atoms. The predicted octanol–water partition coefficient (Wildman–Crippen LogP) is 4.01. The van der Waals surface area contributed by atoms with Gasteiger partial charge in [0, 0.05) is 47.2 Å². The van der Waals surface area contributed by atoms with E-state index < -0.39 is 71.7 Å². The van der Waals surface area contributed by atoms with Gasteiger partial charge in [0.1, 0.15) is 36.3 Å². The van der Waals surface area contributed by atoms with Crippen molar-refractivity contribution in [2.75, 3.05) is 13.1 Å². The van der Waals surface area contributed by atoms with Gasteiger partial charge in [-0.2, -0.15) is 0 Å². The van der Waals surface area contributed by atoms with E-state index in [0.717, 1.165) is 57.5 Å². The highest BCUT2D eigenvalue weighted by molar-refractivity contribution is 7.19. The van der Waals surface area contributed by atoms with E-state index in [4.69, 9.17) is 11.5 Å². The molecule has 1 aliphatic carbocycles. The summed E-state index contributed by atoms with van der Waals surface area (Å²) in [6, 6.07) is 16.6. The zero-order valence-electron chi connectivity index (χ0n) is 37.6. The van der Waals surface area contributed by atoms with Crippen molar-refractivity contribution >= 4 is 74.1 Å². The average Bonchev–Trinajstić information content (AvgIpc) is 3.99. The summed E-state index contributed by atoms with van der Waals surface area (Å²) in [5.41, 5.74) is 12.5. The summed E-state index contributed by atoms with van der Waals surface area (Å²) in [5, 5.41) is 17.3. The molecule has 6 atom stereocenters. The lowest BCUT2D eigenvalue weighted by Gasteiger charge is -2.38. The number of hydrogen-bond donors (Lipinski definition) is 7. The number of nitrogens with one attached hydrogen (secondary N) is 5. The van der Waals surface area contributed by atoms with Gasteiger partial charge in [-0.1, -0.05) is 86.7 Å². The summed E-state index contributed by atoms with van der Waals surface area (Å²) in [6.07, 6.45) is 7.97. The first kappa shape index (κ1) is 49.8. The highest BCUT2D eigenvalue weighted by Gasteiger charge is 2.39. The van der Waals surface area contributed by atoms with Crippen molar-refractivity contribution in [2.45, 2.75) is 133 Å². The van der Waals surface area contributed by atoms with Crippen molar-refractivity contribution in [1.29, 1.82) is 0 Å². The smallest absolute Gasteiger partial charge is 0.245 e. The van der Waals surface area contributed by atoms with Gasteiger partial charge in [0.15, 0.2) is 0 Å². The molecule has 1 aliphatic heterocycles. The number of thiophene rings is 2. The highest BCUT2D eigenvalue weighted by Crippen LogP contribution is 2.29. The fourth-order valence-corrected chi connectivity index (χ4v) is 10.9. The number of benzene rings is 2. The Hall–Kier alpha value is -5.65. The monoisotopic (exact) mass is 940 g/mol. The average molecular weight is 941 g/mol. The van der Waals surface area contributed by atoms with Gasteiger partial charge in [0.2, 0.25) is 41.4 Å². The number of likely N-dealkylation sites (tertiary alicyclic amines) is 1. The van der Waals surface area contributed by atoms with Crippen LogP contribution >= 0.6 is 22.7 Å². The molecule has 354 valence electrons. The Morgan fingerprint density at radius 1 is 0.682 bits per heavy atom. The quantitative estimate of drug-likeness (QED) is 0.0607. The fourth-order valence-electron chi connectivity index (χ4n) is 9.02. The number of piperidine rings is 1. The van der Waals surface area contributed by atoms with Crippen molar-refractivity contribution in [1.82, 2.24) is 31.5 Å². The molecule has 15 nitrogen and oxygen atoms in total. The molecule has 9 N–H and O–H groups in total. The molecule has 0 radical (unpaired) electrons. The number of hydrogen-bond acceptors (Lipinski definition) is 10. The Bertz CT molecular complexity index is 2230. The van der Waals surface area contributed by atoms with Crippen molar-refractivity contribution in [3.63, 3.8) is 0 Å². The van der Waals surface area contributed by atoms with E-state index in [2.05, 4.69) is 26.6 Å². The molecule has 1 saturated heterocycles. The second kappa shape index (κ2) is 24.8. The van der Waals surface area contributed by atoms with Crippen LogP contribution in [0.3, 0.4) is 0 Å². The minimum atomic E-state index is -1.13. The van der Waals surface area contributed by atoms with Crippen molar-refractivity contribution in [3.8, 4) is 0 Å². The van der Waals surface area contributed by atoms with Crippen LogP contribution in [0.15, 0.2) is 78.2 Å². The molecule has 2 aromatic heterocycles. The van der Waals surface area contributed by atoms with Gasteiger partial charge in [-0.25, -0.2) is 0 Å².